The van der Waals surface area contributed by atoms with Gasteiger partial charge in [0.15, 0.2) is 0 Å². The zero-order valence-corrected chi connectivity index (χ0v) is 12.6. The first-order valence-corrected chi connectivity index (χ1v) is 7.09. The van der Waals surface area contributed by atoms with Crippen molar-refractivity contribution >= 4 is 34.2 Å². The molecule has 0 radical (unpaired) electrons. The average Bonchev–Trinajstić information content (AvgIpc) is 2.78. The number of imidazole rings is 1. The molecule has 22 heavy (non-hydrogen) atoms. The summed E-state index contributed by atoms with van der Waals surface area (Å²) in [5.74, 6) is 0.0563. The summed E-state index contributed by atoms with van der Waals surface area (Å²) in [5, 5.41) is 2.85. The van der Waals surface area contributed by atoms with Crippen LogP contribution in [0.3, 0.4) is 0 Å². The third-order valence-corrected chi connectivity index (χ3v) is 3.67. The van der Waals surface area contributed by atoms with E-state index in [-0.39, 0.29) is 17.5 Å². The average molecular weight is 318 g/mol. The summed E-state index contributed by atoms with van der Waals surface area (Å²) in [6.07, 6.45) is 0. The van der Waals surface area contributed by atoms with E-state index < -0.39 is 5.82 Å². The van der Waals surface area contributed by atoms with Crippen molar-refractivity contribution in [3.8, 4) is 0 Å². The molecule has 0 atom stereocenters. The largest absolute Gasteiger partial charge is 0.323 e. The molecule has 3 aromatic rings. The monoisotopic (exact) mass is 317 g/mol. The van der Waals surface area contributed by atoms with Crippen molar-refractivity contribution in [2.24, 2.45) is 0 Å². The number of aryl methyl sites for hydroxylation is 1. The van der Waals surface area contributed by atoms with E-state index in [0.717, 1.165) is 22.9 Å². The molecule has 0 saturated heterocycles. The van der Waals surface area contributed by atoms with E-state index in [1.54, 1.807) is 0 Å². The van der Waals surface area contributed by atoms with E-state index in [9.17, 15) is 9.18 Å². The van der Waals surface area contributed by atoms with Gasteiger partial charge in [-0.1, -0.05) is 23.7 Å². The maximum atomic E-state index is 13.0. The minimum absolute atomic E-state index is 0.111. The Hall–Kier alpha value is -2.40. The lowest BCUT2D eigenvalue weighted by Crippen LogP contribution is -2.19. The molecule has 0 fully saturated rings. The Labute approximate surface area is 131 Å². The van der Waals surface area contributed by atoms with Crippen molar-refractivity contribution in [2.45, 2.75) is 13.5 Å². The van der Waals surface area contributed by atoms with Gasteiger partial charge in [0.2, 0.25) is 5.91 Å². The van der Waals surface area contributed by atoms with Gasteiger partial charge < -0.3 is 9.88 Å². The topological polar surface area (TPSA) is 46.9 Å². The molecule has 0 unspecified atom stereocenters. The van der Waals surface area contributed by atoms with Crippen LogP contribution in [0.5, 0.6) is 0 Å². The van der Waals surface area contributed by atoms with Crippen LogP contribution in [0.25, 0.3) is 11.0 Å². The highest BCUT2D eigenvalue weighted by Gasteiger charge is 2.12. The predicted octanol–water partition coefficient (Wildman–Crippen LogP) is 3.78. The standard InChI is InChI=1S/C16H13ClFN3O/c1-10-19-14-4-2-3-5-15(14)21(10)9-16(22)20-13-7-6-11(18)8-12(13)17/h2-8H,9H2,1H3,(H,20,22). The van der Waals surface area contributed by atoms with Gasteiger partial charge in [-0.25, -0.2) is 9.37 Å². The SMILES string of the molecule is Cc1nc2ccccc2n1CC(=O)Nc1ccc(F)cc1Cl. The molecule has 1 heterocycles. The first kappa shape index (κ1) is 14.5. The number of benzene rings is 2. The van der Waals surface area contributed by atoms with Gasteiger partial charge in [-0.15, -0.1) is 0 Å². The smallest absolute Gasteiger partial charge is 0.244 e. The van der Waals surface area contributed by atoms with Crippen LogP contribution in [0, 0.1) is 12.7 Å². The van der Waals surface area contributed by atoms with Crippen molar-refractivity contribution in [1.82, 2.24) is 9.55 Å². The molecule has 1 aromatic heterocycles. The Kier molecular flexibility index (Phi) is 3.81. The summed E-state index contributed by atoms with van der Waals surface area (Å²) < 4.78 is 14.8. The number of halogens is 2. The molecule has 3 rings (SSSR count). The molecule has 4 nitrogen and oxygen atoms in total. The van der Waals surface area contributed by atoms with Crippen LogP contribution >= 0.6 is 11.6 Å². The van der Waals surface area contributed by atoms with E-state index in [2.05, 4.69) is 10.3 Å². The minimum atomic E-state index is -0.445. The summed E-state index contributed by atoms with van der Waals surface area (Å²) in [5.41, 5.74) is 2.11. The van der Waals surface area contributed by atoms with Crippen LogP contribution in [-0.2, 0) is 11.3 Å². The van der Waals surface area contributed by atoms with Crippen molar-refractivity contribution in [3.63, 3.8) is 0 Å². The van der Waals surface area contributed by atoms with Crippen molar-refractivity contribution in [2.75, 3.05) is 5.32 Å². The third-order valence-electron chi connectivity index (χ3n) is 3.35. The summed E-state index contributed by atoms with van der Waals surface area (Å²) in [6.45, 7) is 1.96. The normalized spacial score (nSPS) is 10.9. The Balaban J connectivity index is 1.83. The van der Waals surface area contributed by atoms with Gasteiger partial charge in [0, 0.05) is 0 Å². The Bertz CT molecular complexity index is 860. The maximum Gasteiger partial charge on any atom is 0.244 e. The molecule has 2 aromatic carbocycles. The fourth-order valence-corrected chi connectivity index (χ4v) is 2.53. The number of fused-ring (bicyclic) bond motifs is 1. The van der Waals surface area contributed by atoms with Gasteiger partial charge in [0.25, 0.3) is 0 Å². The molecular formula is C16H13ClFN3O. The number of anilines is 1. The minimum Gasteiger partial charge on any atom is -0.323 e. The molecule has 0 spiro atoms. The molecule has 0 aliphatic carbocycles. The van der Waals surface area contributed by atoms with E-state index in [4.69, 9.17) is 11.6 Å². The van der Waals surface area contributed by atoms with Gasteiger partial charge in [0.05, 0.1) is 21.7 Å². The van der Waals surface area contributed by atoms with Crippen molar-refractivity contribution < 1.29 is 9.18 Å². The van der Waals surface area contributed by atoms with Crippen LogP contribution in [0.2, 0.25) is 5.02 Å². The zero-order chi connectivity index (χ0) is 15.7. The summed E-state index contributed by atoms with van der Waals surface area (Å²) >= 11 is 5.91. The van der Waals surface area contributed by atoms with E-state index in [1.165, 1.54) is 12.1 Å². The fraction of sp³-hybridized carbons (Fsp3) is 0.125. The fourth-order valence-electron chi connectivity index (χ4n) is 2.32. The first-order chi connectivity index (χ1) is 10.5. The zero-order valence-electron chi connectivity index (χ0n) is 11.8. The number of nitrogens with one attached hydrogen (secondary N) is 1. The molecule has 1 N–H and O–H groups in total. The number of hydrogen-bond donors (Lipinski definition) is 1. The predicted molar refractivity (Wildman–Crippen MR) is 84.5 cm³/mol. The Morgan fingerprint density at radius 2 is 2.09 bits per heavy atom. The molecular weight excluding hydrogens is 305 g/mol. The van der Waals surface area contributed by atoms with Gasteiger partial charge in [-0.3, -0.25) is 4.79 Å². The highest BCUT2D eigenvalue weighted by Crippen LogP contribution is 2.22. The van der Waals surface area contributed by atoms with Gasteiger partial charge >= 0.3 is 0 Å². The van der Waals surface area contributed by atoms with Crippen molar-refractivity contribution in [1.29, 1.82) is 0 Å². The van der Waals surface area contributed by atoms with E-state index >= 15 is 0 Å². The second-order valence-corrected chi connectivity index (χ2v) is 5.31. The van der Waals surface area contributed by atoms with Crippen molar-refractivity contribution in [3.05, 3.63) is 59.1 Å². The molecule has 0 bridgehead atoms. The number of para-hydroxylation sites is 2. The highest BCUT2D eigenvalue weighted by atomic mass is 35.5. The molecule has 0 saturated carbocycles. The van der Waals surface area contributed by atoms with Gasteiger partial charge in [-0.2, -0.15) is 0 Å². The lowest BCUT2D eigenvalue weighted by Gasteiger charge is -2.09. The lowest BCUT2D eigenvalue weighted by atomic mass is 10.3. The second-order valence-electron chi connectivity index (χ2n) is 4.91. The number of rotatable bonds is 3. The van der Waals surface area contributed by atoms with Gasteiger partial charge in [0.1, 0.15) is 18.2 Å². The highest BCUT2D eigenvalue weighted by molar-refractivity contribution is 6.33. The maximum absolute atomic E-state index is 13.0. The molecule has 0 aliphatic heterocycles. The number of nitrogens with zero attached hydrogens (tertiary/aromatic N) is 2. The van der Waals surface area contributed by atoms with Crippen LogP contribution in [0.4, 0.5) is 10.1 Å². The van der Waals surface area contributed by atoms with Crippen LogP contribution in [-0.4, -0.2) is 15.5 Å². The Morgan fingerprint density at radius 3 is 2.86 bits per heavy atom. The molecule has 112 valence electrons. The second kappa shape index (κ2) is 5.77. The number of amides is 1. The summed E-state index contributed by atoms with van der Waals surface area (Å²) in [6, 6.07) is 11.5. The Morgan fingerprint density at radius 1 is 1.32 bits per heavy atom. The van der Waals surface area contributed by atoms with Crippen LogP contribution < -0.4 is 5.32 Å². The quantitative estimate of drug-likeness (QED) is 0.799. The van der Waals surface area contributed by atoms with Crippen LogP contribution in [0.15, 0.2) is 42.5 Å². The summed E-state index contributed by atoms with van der Waals surface area (Å²) in [7, 11) is 0. The molecule has 0 aliphatic rings. The number of carbonyl (C=O) groups excluding carboxylic acids is 1. The number of hydrogen-bond acceptors (Lipinski definition) is 2. The molecule has 1 amide bonds. The first-order valence-electron chi connectivity index (χ1n) is 6.71. The third kappa shape index (κ3) is 2.80. The summed E-state index contributed by atoms with van der Waals surface area (Å²) in [4.78, 5) is 16.6. The lowest BCUT2D eigenvalue weighted by molar-refractivity contribution is -0.116. The van der Waals surface area contributed by atoms with E-state index in [1.807, 2.05) is 35.8 Å². The number of aromatic nitrogens is 2. The van der Waals surface area contributed by atoms with Gasteiger partial charge in [-0.05, 0) is 37.3 Å². The number of carbonyl (C=O) groups is 1. The van der Waals surface area contributed by atoms with Crippen LogP contribution in [0.1, 0.15) is 5.82 Å². The van der Waals surface area contributed by atoms with E-state index in [0.29, 0.717) is 5.69 Å². The molecule has 6 heteroatoms.